The van der Waals surface area contributed by atoms with Gasteiger partial charge in [0.2, 0.25) is 0 Å². The van der Waals surface area contributed by atoms with Crippen molar-refractivity contribution in [2.24, 2.45) is 0 Å². The Morgan fingerprint density at radius 2 is 1.80 bits per heavy atom. The van der Waals surface area contributed by atoms with Crippen LogP contribution < -0.4 is 4.90 Å². The number of hydrogen-bond acceptors (Lipinski definition) is 2. The molecule has 5 heteroatoms. The summed E-state index contributed by atoms with van der Waals surface area (Å²) in [4.78, 5) is 14.7. The zero-order valence-electron chi connectivity index (χ0n) is 14.5. The largest absolute Gasteiger partial charge is 0.306 e. The Morgan fingerprint density at radius 3 is 2.44 bits per heavy atom. The van der Waals surface area contributed by atoms with Crippen molar-refractivity contribution in [1.29, 1.82) is 0 Å². The van der Waals surface area contributed by atoms with Gasteiger partial charge in [0, 0.05) is 17.9 Å². The van der Waals surface area contributed by atoms with Gasteiger partial charge < -0.3 is 4.90 Å². The van der Waals surface area contributed by atoms with Crippen LogP contribution in [0.3, 0.4) is 0 Å². The van der Waals surface area contributed by atoms with E-state index in [9.17, 15) is 9.18 Å². The van der Waals surface area contributed by atoms with Gasteiger partial charge in [0.1, 0.15) is 11.5 Å². The summed E-state index contributed by atoms with van der Waals surface area (Å²) in [5.41, 5.74) is 2.68. The van der Waals surface area contributed by atoms with E-state index in [1.165, 1.54) is 16.9 Å². The van der Waals surface area contributed by atoms with E-state index in [-0.39, 0.29) is 17.8 Å². The monoisotopic (exact) mass is 337 g/mol. The van der Waals surface area contributed by atoms with Crippen LogP contribution in [0.15, 0.2) is 60.9 Å². The summed E-state index contributed by atoms with van der Waals surface area (Å²) in [6.45, 7) is 5.92. The summed E-state index contributed by atoms with van der Waals surface area (Å²) >= 11 is 0. The van der Waals surface area contributed by atoms with Crippen LogP contribution in [0.4, 0.5) is 10.1 Å². The molecule has 0 saturated heterocycles. The molecule has 2 aromatic carbocycles. The Kier molecular flexibility index (Phi) is 4.65. The summed E-state index contributed by atoms with van der Waals surface area (Å²) in [6, 6.07) is 14.1. The number of carbonyl (C=O) groups is 1. The third-order valence-corrected chi connectivity index (χ3v) is 3.98. The molecule has 0 spiro atoms. The van der Waals surface area contributed by atoms with E-state index in [1.54, 1.807) is 29.3 Å². The molecule has 1 aromatic heterocycles. The van der Waals surface area contributed by atoms with Crippen molar-refractivity contribution in [2.45, 2.75) is 26.8 Å². The Bertz CT molecular complexity index is 884. The van der Waals surface area contributed by atoms with Crippen LogP contribution in [-0.4, -0.2) is 21.7 Å². The van der Waals surface area contributed by atoms with Gasteiger partial charge in [0.25, 0.3) is 5.91 Å². The number of hydrogen-bond donors (Lipinski definition) is 0. The quantitative estimate of drug-likeness (QED) is 0.709. The third kappa shape index (κ3) is 3.45. The first-order valence-corrected chi connectivity index (χ1v) is 8.17. The van der Waals surface area contributed by atoms with Crippen LogP contribution >= 0.6 is 0 Å². The predicted molar refractivity (Wildman–Crippen MR) is 96.6 cm³/mol. The van der Waals surface area contributed by atoms with Crippen molar-refractivity contribution in [3.8, 4) is 5.69 Å². The number of nitrogens with zero attached hydrogens (tertiary/aromatic N) is 3. The molecule has 4 nitrogen and oxygen atoms in total. The van der Waals surface area contributed by atoms with E-state index >= 15 is 0 Å². The maximum Gasteiger partial charge on any atom is 0.261 e. The summed E-state index contributed by atoms with van der Waals surface area (Å²) in [6.07, 6.45) is 3.03. The molecule has 25 heavy (non-hydrogen) atoms. The lowest BCUT2D eigenvalue weighted by Gasteiger charge is -2.26. The van der Waals surface area contributed by atoms with E-state index in [0.717, 1.165) is 11.3 Å². The fourth-order valence-corrected chi connectivity index (χ4v) is 2.70. The maximum atomic E-state index is 13.9. The molecule has 0 aliphatic rings. The first-order valence-electron chi connectivity index (χ1n) is 8.17. The summed E-state index contributed by atoms with van der Waals surface area (Å²) in [7, 11) is 0. The molecular formula is C20H20FN3O. The van der Waals surface area contributed by atoms with Crippen molar-refractivity contribution < 1.29 is 9.18 Å². The predicted octanol–water partition coefficient (Wildman–Crippen LogP) is 4.38. The van der Waals surface area contributed by atoms with E-state index in [1.807, 2.05) is 45.0 Å². The molecule has 1 heterocycles. The second kappa shape index (κ2) is 6.89. The SMILES string of the molecule is Cc1ccc(N(C(=O)c2cnn(-c3ccccc3F)c2)C(C)C)cc1. The highest BCUT2D eigenvalue weighted by Crippen LogP contribution is 2.21. The number of aromatic nitrogens is 2. The van der Waals surface area contributed by atoms with Crippen LogP contribution in [-0.2, 0) is 0 Å². The number of para-hydroxylation sites is 1. The number of amides is 1. The molecule has 0 aliphatic heterocycles. The molecule has 0 bridgehead atoms. The number of rotatable bonds is 4. The molecule has 0 unspecified atom stereocenters. The van der Waals surface area contributed by atoms with E-state index in [4.69, 9.17) is 0 Å². The van der Waals surface area contributed by atoms with Crippen molar-refractivity contribution in [1.82, 2.24) is 9.78 Å². The molecule has 0 fully saturated rings. The van der Waals surface area contributed by atoms with Crippen LogP contribution in [0, 0.1) is 12.7 Å². The average molecular weight is 337 g/mol. The number of carbonyl (C=O) groups excluding carboxylic acids is 1. The fraction of sp³-hybridized carbons (Fsp3) is 0.200. The lowest BCUT2D eigenvalue weighted by molar-refractivity contribution is 0.0980. The van der Waals surface area contributed by atoms with Gasteiger partial charge >= 0.3 is 0 Å². The maximum absolute atomic E-state index is 13.9. The Hall–Kier alpha value is -2.95. The summed E-state index contributed by atoms with van der Waals surface area (Å²) < 4.78 is 15.3. The highest BCUT2D eigenvalue weighted by atomic mass is 19.1. The standard InChI is InChI=1S/C20H20FN3O/c1-14(2)24(17-10-8-15(3)9-11-17)20(25)16-12-22-23(13-16)19-7-5-4-6-18(19)21/h4-14H,1-3H3. The van der Waals surface area contributed by atoms with E-state index in [0.29, 0.717) is 11.3 Å². The highest BCUT2D eigenvalue weighted by Gasteiger charge is 2.22. The average Bonchev–Trinajstić information content (AvgIpc) is 3.07. The topological polar surface area (TPSA) is 38.1 Å². The molecule has 0 aliphatic carbocycles. The van der Waals surface area contributed by atoms with Gasteiger partial charge in [-0.25, -0.2) is 9.07 Å². The minimum atomic E-state index is -0.385. The van der Waals surface area contributed by atoms with Gasteiger partial charge in [-0.3, -0.25) is 4.79 Å². The smallest absolute Gasteiger partial charge is 0.261 e. The Labute approximate surface area is 146 Å². The molecule has 3 rings (SSSR count). The van der Waals surface area contributed by atoms with Crippen LogP contribution in [0.2, 0.25) is 0 Å². The molecular weight excluding hydrogens is 317 g/mol. The van der Waals surface area contributed by atoms with Gasteiger partial charge in [0.05, 0.1) is 11.8 Å². The van der Waals surface area contributed by atoms with Gasteiger partial charge in [-0.15, -0.1) is 0 Å². The first kappa shape index (κ1) is 16.9. The van der Waals surface area contributed by atoms with Crippen LogP contribution in [0.1, 0.15) is 29.8 Å². The zero-order valence-corrected chi connectivity index (χ0v) is 14.5. The number of aryl methyl sites for hydroxylation is 1. The Balaban J connectivity index is 1.94. The summed E-state index contributed by atoms with van der Waals surface area (Å²) in [5, 5.41) is 4.15. The van der Waals surface area contributed by atoms with Crippen LogP contribution in [0.5, 0.6) is 0 Å². The molecule has 0 atom stereocenters. The molecule has 0 radical (unpaired) electrons. The molecule has 1 amide bonds. The number of halogens is 1. The first-order chi connectivity index (χ1) is 12.0. The molecule has 128 valence electrons. The second-order valence-corrected chi connectivity index (χ2v) is 6.23. The van der Waals surface area contributed by atoms with E-state index in [2.05, 4.69) is 5.10 Å². The lowest BCUT2D eigenvalue weighted by Crippen LogP contribution is -2.36. The highest BCUT2D eigenvalue weighted by molar-refractivity contribution is 6.06. The normalized spacial score (nSPS) is 10.9. The summed E-state index contributed by atoms with van der Waals surface area (Å²) in [5.74, 6) is -0.551. The van der Waals surface area contributed by atoms with Crippen molar-refractivity contribution >= 4 is 11.6 Å². The second-order valence-electron chi connectivity index (χ2n) is 6.23. The van der Waals surface area contributed by atoms with Gasteiger partial charge in [-0.2, -0.15) is 5.10 Å². The van der Waals surface area contributed by atoms with E-state index < -0.39 is 0 Å². The van der Waals surface area contributed by atoms with Crippen LogP contribution in [0.25, 0.3) is 5.69 Å². The minimum absolute atomic E-state index is 0.0213. The Morgan fingerprint density at radius 1 is 1.12 bits per heavy atom. The van der Waals surface area contributed by atoms with Gasteiger partial charge in [0.15, 0.2) is 0 Å². The molecule has 0 N–H and O–H groups in total. The number of anilines is 1. The fourth-order valence-electron chi connectivity index (χ4n) is 2.70. The van der Waals surface area contributed by atoms with Crippen molar-refractivity contribution in [3.05, 3.63) is 77.9 Å². The van der Waals surface area contributed by atoms with Gasteiger partial charge in [-0.1, -0.05) is 29.8 Å². The lowest BCUT2D eigenvalue weighted by atomic mass is 10.1. The van der Waals surface area contributed by atoms with Gasteiger partial charge in [-0.05, 0) is 45.0 Å². The third-order valence-electron chi connectivity index (χ3n) is 3.98. The zero-order chi connectivity index (χ0) is 18.0. The minimum Gasteiger partial charge on any atom is -0.306 e. The van der Waals surface area contributed by atoms with Crippen molar-refractivity contribution in [3.63, 3.8) is 0 Å². The number of benzene rings is 2. The molecule has 3 aromatic rings. The van der Waals surface area contributed by atoms with Crippen molar-refractivity contribution in [2.75, 3.05) is 4.90 Å². The molecule has 0 saturated carbocycles.